The van der Waals surface area contributed by atoms with E-state index in [1.54, 1.807) is 12.1 Å². The molecule has 0 radical (unpaired) electrons. The van der Waals surface area contributed by atoms with Gasteiger partial charge in [0.05, 0.1) is 16.5 Å². The van der Waals surface area contributed by atoms with Gasteiger partial charge in [-0.1, -0.05) is 11.6 Å². The van der Waals surface area contributed by atoms with Crippen molar-refractivity contribution >= 4 is 40.9 Å². The van der Waals surface area contributed by atoms with E-state index in [4.69, 9.17) is 17.3 Å². The van der Waals surface area contributed by atoms with E-state index in [0.717, 1.165) is 18.7 Å². The van der Waals surface area contributed by atoms with Crippen LogP contribution in [0.5, 0.6) is 0 Å². The predicted molar refractivity (Wildman–Crippen MR) is 86.7 cm³/mol. The number of nitrogens with zero attached hydrogens (tertiary/aromatic N) is 1. The molecule has 0 unspecified atom stereocenters. The molecule has 0 aliphatic carbocycles. The molecule has 1 fully saturated rings. The van der Waals surface area contributed by atoms with Gasteiger partial charge in [0, 0.05) is 24.8 Å². The molecule has 120 valence electrons. The van der Waals surface area contributed by atoms with Crippen LogP contribution < -0.4 is 16.0 Å². The van der Waals surface area contributed by atoms with Gasteiger partial charge in [0.1, 0.15) is 5.82 Å². The minimum absolute atomic E-state index is 0.0329. The van der Waals surface area contributed by atoms with Crippen LogP contribution in [-0.2, 0) is 9.59 Å². The second-order valence-corrected chi connectivity index (χ2v) is 6.45. The summed E-state index contributed by atoms with van der Waals surface area (Å²) in [7, 11) is 0. The Morgan fingerprint density at radius 3 is 2.91 bits per heavy atom. The van der Waals surface area contributed by atoms with Crippen molar-refractivity contribution in [3.63, 3.8) is 0 Å². The number of amides is 2. The fraction of sp³-hybridized carbons (Fsp3) is 0.429. The zero-order valence-electron chi connectivity index (χ0n) is 11.9. The highest BCUT2D eigenvalue weighted by atomic mass is 35.5. The van der Waals surface area contributed by atoms with Crippen molar-refractivity contribution in [2.45, 2.75) is 12.5 Å². The van der Waals surface area contributed by atoms with E-state index in [1.165, 1.54) is 17.8 Å². The summed E-state index contributed by atoms with van der Waals surface area (Å²) >= 11 is 6.98. The lowest BCUT2D eigenvalue weighted by molar-refractivity contribution is -0.119. The lowest BCUT2D eigenvalue weighted by atomic mass is 10.2. The number of carbonyl (C=O) groups excluding carboxylic acids is 2. The first kappa shape index (κ1) is 16.9. The van der Waals surface area contributed by atoms with Crippen LogP contribution >= 0.6 is 23.4 Å². The smallest absolute Gasteiger partial charge is 0.230 e. The van der Waals surface area contributed by atoms with Crippen LogP contribution in [-0.4, -0.2) is 42.5 Å². The van der Waals surface area contributed by atoms with Crippen molar-refractivity contribution in [3.8, 4) is 0 Å². The lowest BCUT2D eigenvalue weighted by Crippen LogP contribution is -2.38. The van der Waals surface area contributed by atoms with Crippen LogP contribution in [0.4, 0.5) is 10.1 Å². The average Bonchev–Trinajstić information content (AvgIpc) is 2.90. The van der Waals surface area contributed by atoms with E-state index in [0.29, 0.717) is 6.54 Å². The Labute approximate surface area is 137 Å². The van der Waals surface area contributed by atoms with Crippen LogP contribution in [0.15, 0.2) is 18.2 Å². The van der Waals surface area contributed by atoms with Crippen molar-refractivity contribution in [1.29, 1.82) is 0 Å². The molecule has 1 aliphatic heterocycles. The molecule has 2 amide bonds. The van der Waals surface area contributed by atoms with Crippen molar-refractivity contribution in [2.24, 2.45) is 5.73 Å². The van der Waals surface area contributed by atoms with E-state index in [-0.39, 0.29) is 28.5 Å². The summed E-state index contributed by atoms with van der Waals surface area (Å²) in [5.74, 6) is -0.644. The zero-order chi connectivity index (χ0) is 16.1. The molecule has 3 N–H and O–H groups in total. The molecule has 2 rings (SSSR count). The molecule has 0 saturated carbocycles. The minimum Gasteiger partial charge on any atom is -0.369 e. The summed E-state index contributed by atoms with van der Waals surface area (Å²) < 4.78 is 13.2. The number of carbonyl (C=O) groups is 2. The van der Waals surface area contributed by atoms with Crippen molar-refractivity contribution in [1.82, 2.24) is 5.32 Å². The van der Waals surface area contributed by atoms with Gasteiger partial charge in [0.25, 0.3) is 0 Å². The molecule has 0 aromatic heterocycles. The normalized spacial score (nSPS) is 17.5. The highest BCUT2D eigenvalue weighted by molar-refractivity contribution is 8.00. The van der Waals surface area contributed by atoms with Crippen LogP contribution in [0.3, 0.4) is 0 Å². The van der Waals surface area contributed by atoms with E-state index in [2.05, 4.69) is 5.32 Å². The Morgan fingerprint density at radius 2 is 2.23 bits per heavy atom. The number of nitrogens with one attached hydrogen (secondary N) is 1. The molecular formula is C14H17ClFN3O2S. The van der Waals surface area contributed by atoms with Crippen molar-refractivity contribution < 1.29 is 14.0 Å². The molecule has 0 bridgehead atoms. The maximum absolute atomic E-state index is 13.2. The highest BCUT2D eigenvalue weighted by Gasteiger charge is 2.24. The van der Waals surface area contributed by atoms with Gasteiger partial charge in [-0.3, -0.25) is 9.59 Å². The van der Waals surface area contributed by atoms with Gasteiger partial charge in [-0.25, -0.2) is 4.39 Å². The van der Waals surface area contributed by atoms with Gasteiger partial charge in [0.15, 0.2) is 0 Å². The zero-order valence-corrected chi connectivity index (χ0v) is 13.4. The van der Waals surface area contributed by atoms with Crippen LogP contribution in [0.1, 0.15) is 6.42 Å². The summed E-state index contributed by atoms with van der Waals surface area (Å²) in [6, 6.07) is 4.63. The molecule has 1 aliphatic rings. The Hall–Kier alpha value is -1.47. The van der Waals surface area contributed by atoms with Gasteiger partial charge >= 0.3 is 0 Å². The molecule has 1 heterocycles. The third kappa shape index (κ3) is 4.78. The summed E-state index contributed by atoms with van der Waals surface area (Å²) in [6.07, 6.45) is 0.807. The van der Waals surface area contributed by atoms with Gasteiger partial charge in [0.2, 0.25) is 11.8 Å². The largest absolute Gasteiger partial charge is 0.369 e. The van der Waals surface area contributed by atoms with Crippen molar-refractivity contribution in [3.05, 3.63) is 29.0 Å². The van der Waals surface area contributed by atoms with Crippen LogP contribution in [0, 0.1) is 5.82 Å². The molecule has 1 aromatic rings. The van der Waals surface area contributed by atoms with E-state index in [1.807, 2.05) is 4.90 Å². The summed E-state index contributed by atoms with van der Waals surface area (Å²) in [5, 5.41) is 3.01. The maximum Gasteiger partial charge on any atom is 0.230 e. The molecule has 5 nitrogen and oxygen atoms in total. The summed E-state index contributed by atoms with van der Waals surface area (Å²) in [5.41, 5.74) is 5.85. The first-order valence-electron chi connectivity index (χ1n) is 6.81. The Balaban J connectivity index is 1.81. The van der Waals surface area contributed by atoms with E-state index in [9.17, 15) is 14.0 Å². The molecule has 1 saturated heterocycles. The standard InChI is InChI=1S/C14H17ClFN3O2S/c15-11-5-10(1-2-12(11)16)19-4-3-9(6-19)18-14(21)8-22-7-13(17)20/h1-2,5,9H,3-4,6-8H2,(H2,17,20)(H,18,21)/t9-/m0/s1. The van der Waals surface area contributed by atoms with Crippen molar-refractivity contribution in [2.75, 3.05) is 29.5 Å². The van der Waals surface area contributed by atoms with Crippen LogP contribution in [0.2, 0.25) is 5.02 Å². The van der Waals surface area contributed by atoms with Gasteiger partial charge in [-0.05, 0) is 24.6 Å². The maximum atomic E-state index is 13.2. The number of halogens is 2. The monoisotopic (exact) mass is 345 g/mol. The highest BCUT2D eigenvalue weighted by Crippen LogP contribution is 2.25. The van der Waals surface area contributed by atoms with Gasteiger partial charge in [-0.2, -0.15) is 0 Å². The Kier molecular flexibility index (Phi) is 5.90. The van der Waals surface area contributed by atoms with E-state index < -0.39 is 11.7 Å². The molecule has 22 heavy (non-hydrogen) atoms. The Morgan fingerprint density at radius 1 is 1.45 bits per heavy atom. The molecule has 8 heteroatoms. The van der Waals surface area contributed by atoms with Gasteiger partial charge in [-0.15, -0.1) is 11.8 Å². The number of nitrogens with two attached hydrogens (primary N) is 1. The number of primary amides is 1. The number of rotatable bonds is 6. The number of anilines is 1. The van der Waals surface area contributed by atoms with Gasteiger partial charge < -0.3 is 16.0 Å². The summed E-state index contributed by atoms with van der Waals surface area (Å²) in [4.78, 5) is 24.4. The predicted octanol–water partition coefficient (Wildman–Crippen LogP) is 1.39. The molecular weight excluding hydrogens is 329 g/mol. The number of benzene rings is 1. The SMILES string of the molecule is NC(=O)CSCC(=O)N[C@H]1CCN(c2ccc(F)c(Cl)c2)C1. The Bertz CT molecular complexity index is 573. The molecule has 1 atom stereocenters. The third-order valence-corrected chi connectivity index (χ3v) is 4.54. The second-order valence-electron chi connectivity index (χ2n) is 5.06. The third-order valence-electron chi connectivity index (χ3n) is 3.30. The minimum atomic E-state index is -0.444. The second kappa shape index (κ2) is 7.69. The quantitative estimate of drug-likeness (QED) is 0.817. The number of hydrogen-bond acceptors (Lipinski definition) is 4. The number of hydrogen-bond donors (Lipinski definition) is 2. The number of thioether (sulfide) groups is 1. The summed E-state index contributed by atoms with van der Waals surface area (Å²) in [6.45, 7) is 1.41. The lowest BCUT2D eigenvalue weighted by Gasteiger charge is -2.19. The average molecular weight is 346 g/mol. The molecule has 0 spiro atoms. The molecule has 1 aromatic carbocycles. The topological polar surface area (TPSA) is 75.4 Å². The first-order chi connectivity index (χ1) is 10.5. The van der Waals surface area contributed by atoms with Crippen LogP contribution in [0.25, 0.3) is 0 Å². The first-order valence-corrected chi connectivity index (χ1v) is 8.34. The fourth-order valence-corrected chi connectivity index (χ4v) is 3.05. The fourth-order valence-electron chi connectivity index (χ4n) is 2.31. The van der Waals surface area contributed by atoms with E-state index >= 15 is 0 Å².